The number of non-ortho nitro benzene ring substituents is 1. The van der Waals surface area contributed by atoms with Gasteiger partial charge in [-0.05, 0) is 12.5 Å². The van der Waals surface area contributed by atoms with Crippen molar-refractivity contribution in [3.8, 4) is 11.5 Å². The molecule has 0 N–H and O–H groups in total. The van der Waals surface area contributed by atoms with Crippen LogP contribution in [0.3, 0.4) is 0 Å². The van der Waals surface area contributed by atoms with Crippen molar-refractivity contribution >= 4 is 11.7 Å². The molecule has 98 valence electrons. The molecule has 6 heteroatoms. The molecule has 0 bridgehead atoms. The van der Waals surface area contributed by atoms with E-state index in [0.29, 0.717) is 6.42 Å². The highest BCUT2D eigenvalue weighted by Gasteiger charge is 2.18. The average Bonchev–Trinajstić information content (AvgIpc) is 2.37. The Balaban J connectivity index is 3.01. The Morgan fingerprint density at radius 1 is 1.44 bits per heavy atom. The number of methoxy groups -OCH3 is 1. The van der Waals surface area contributed by atoms with Crippen molar-refractivity contribution < 1.29 is 19.2 Å². The van der Waals surface area contributed by atoms with Crippen LogP contribution in [0, 0.1) is 16.0 Å². The Kier molecular flexibility index (Phi) is 4.65. The van der Waals surface area contributed by atoms with E-state index in [4.69, 9.17) is 9.47 Å². The van der Waals surface area contributed by atoms with Gasteiger partial charge in [0.2, 0.25) is 0 Å². The number of benzene rings is 1. The molecule has 1 atom stereocenters. The van der Waals surface area contributed by atoms with Gasteiger partial charge in [0, 0.05) is 6.07 Å². The molecule has 0 heterocycles. The first-order valence-corrected chi connectivity index (χ1v) is 5.53. The van der Waals surface area contributed by atoms with Crippen molar-refractivity contribution in [1.29, 1.82) is 0 Å². The smallest absolute Gasteiger partial charge is 0.314 e. The number of rotatable bonds is 5. The molecule has 1 unspecified atom stereocenters. The quantitative estimate of drug-likeness (QED) is 0.349. The SMILES string of the molecule is CCC(C)C(=O)Oc1cc([N+](=O)[O-])ccc1OC. The van der Waals surface area contributed by atoms with Gasteiger partial charge in [0.15, 0.2) is 11.5 Å². The first-order chi connectivity index (χ1) is 8.49. The molecule has 0 amide bonds. The molecule has 1 aromatic rings. The van der Waals surface area contributed by atoms with Crippen molar-refractivity contribution in [2.24, 2.45) is 5.92 Å². The molecule has 1 aromatic carbocycles. The van der Waals surface area contributed by atoms with Crippen molar-refractivity contribution in [3.05, 3.63) is 28.3 Å². The predicted octanol–water partition coefficient (Wildman–Crippen LogP) is 2.55. The Hall–Kier alpha value is -2.11. The Morgan fingerprint density at radius 2 is 2.11 bits per heavy atom. The van der Waals surface area contributed by atoms with Crippen molar-refractivity contribution in [2.45, 2.75) is 20.3 Å². The number of carbonyl (C=O) groups excluding carboxylic acids is 1. The number of esters is 1. The highest BCUT2D eigenvalue weighted by molar-refractivity contribution is 5.75. The second-order valence-corrected chi connectivity index (χ2v) is 3.82. The van der Waals surface area contributed by atoms with E-state index in [-0.39, 0.29) is 23.1 Å². The Morgan fingerprint density at radius 3 is 2.61 bits per heavy atom. The van der Waals surface area contributed by atoms with Crippen LogP contribution in [0.5, 0.6) is 11.5 Å². The molecule has 0 saturated carbocycles. The van der Waals surface area contributed by atoms with E-state index in [9.17, 15) is 14.9 Å². The molecule has 0 aliphatic rings. The highest BCUT2D eigenvalue weighted by atomic mass is 16.6. The van der Waals surface area contributed by atoms with Crippen LogP contribution < -0.4 is 9.47 Å². The third-order valence-corrected chi connectivity index (χ3v) is 2.58. The summed E-state index contributed by atoms with van der Waals surface area (Å²) in [6.45, 7) is 3.59. The molecule has 0 fully saturated rings. The maximum Gasteiger partial charge on any atom is 0.314 e. The number of nitro groups is 1. The van der Waals surface area contributed by atoms with Crippen molar-refractivity contribution in [2.75, 3.05) is 7.11 Å². The van der Waals surface area contributed by atoms with E-state index in [1.165, 1.54) is 25.3 Å². The fourth-order valence-corrected chi connectivity index (χ4v) is 1.23. The molecule has 0 radical (unpaired) electrons. The number of hydrogen-bond acceptors (Lipinski definition) is 5. The summed E-state index contributed by atoms with van der Waals surface area (Å²) in [5.41, 5.74) is -0.150. The third kappa shape index (κ3) is 3.19. The van der Waals surface area contributed by atoms with E-state index >= 15 is 0 Å². The van der Waals surface area contributed by atoms with Crippen LogP contribution in [0.15, 0.2) is 18.2 Å². The topological polar surface area (TPSA) is 78.7 Å². The molecule has 18 heavy (non-hydrogen) atoms. The fraction of sp³-hybridized carbons (Fsp3) is 0.417. The summed E-state index contributed by atoms with van der Waals surface area (Å²) in [6.07, 6.45) is 0.635. The summed E-state index contributed by atoms with van der Waals surface area (Å²) in [4.78, 5) is 21.7. The second kappa shape index (κ2) is 6.00. The zero-order chi connectivity index (χ0) is 13.7. The van der Waals surface area contributed by atoms with Crippen LogP contribution in [0.25, 0.3) is 0 Å². The van der Waals surface area contributed by atoms with Gasteiger partial charge >= 0.3 is 5.97 Å². The number of nitrogens with zero attached hydrogens (tertiary/aromatic N) is 1. The average molecular weight is 253 g/mol. The first-order valence-electron chi connectivity index (χ1n) is 5.53. The van der Waals surface area contributed by atoms with Gasteiger partial charge in [-0.25, -0.2) is 0 Å². The lowest BCUT2D eigenvalue weighted by molar-refractivity contribution is -0.384. The normalized spacial score (nSPS) is 11.7. The number of carbonyl (C=O) groups is 1. The molecule has 0 aliphatic carbocycles. The second-order valence-electron chi connectivity index (χ2n) is 3.82. The fourth-order valence-electron chi connectivity index (χ4n) is 1.23. The summed E-state index contributed by atoms with van der Waals surface area (Å²) >= 11 is 0. The van der Waals surface area contributed by atoms with E-state index < -0.39 is 10.9 Å². The first kappa shape index (κ1) is 14.0. The minimum atomic E-state index is -0.556. The summed E-state index contributed by atoms with van der Waals surface area (Å²) in [5, 5.41) is 10.7. The van der Waals surface area contributed by atoms with E-state index in [2.05, 4.69) is 0 Å². The van der Waals surface area contributed by atoms with Crippen molar-refractivity contribution in [3.63, 3.8) is 0 Å². The molecule has 0 aliphatic heterocycles. The van der Waals surface area contributed by atoms with Gasteiger partial charge in [-0.15, -0.1) is 0 Å². The van der Waals surface area contributed by atoms with Crippen LogP contribution in [0.4, 0.5) is 5.69 Å². The van der Waals surface area contributed by atoms with Crippen LogP contribution in [0.2, 0.25) is 0 Å². The van der Waals surface area contributed by atoms with Crippen LogP contribution in [-0.4, -0.2) is 18.0 Å². The van der Waals surface area contributed by atoms with Crippen molar-refractivity contribution in [1.82, 2.24) is 0 Å². The highest BCUT2D eigenvalue weighted by Crippen LogP contribution is 2.31. The van der Waals surface area contributed by atoms with Gasteiger partial charge in [0.1, 0.15) is 0 Å². The van der Waals surface area contributed by atoms with E-state index in [1.54, 1.807) is 6.92 Å². The zero-order valence-electron chi connectivity index (χ0n) is 10.5. The van der Waals surface area contributed by atoms with E-state index in [0.717, 1.165) is 0 Å². The lowest BCUT2D eigenvalue weighted by Crippen LogP contribution is -2.17. The predicted molar refractivity (Wildman–Crippen MR) is 64.7 cm³/mol. The maximum atomic E-state index is 11.6. The van der Waals surface area contributed by atoms with Crippen LogP contribution >= 0.6 is 0 Å². The number of ether oxygens (including phenoxy) is 2. The Labute approximate surface area is 105 Å². The van der Waals surface area contributed by atoms with Gasteiger partial charge in [-0.3, -0.25) is 14.9 Å². The van der Waals surface area contributed by atoms with Gasteiger partial charge in [0.25, 0.3) is 5.69 Å². The molecule has 6 nitrogen and oxygen atoms in total. The lowest BCUT2D eigenvalue weighted by atomic mass is 10.1. The third-order valence-electron chi connectivity index (χ3n) is 2.58. The monoisotopic (exact) mass is 253 g/mol. The van der Waals surface area contributed by atoms with E-state index in [1.807, 2.05) is 6.92 Å². The van der Waals surface area contributed by atoms with Gasteiger partial charge in [0.05, 0.1) is 24.0 Å². The minimum Gasteiger partial charge on any atom is -0.493 e. The number of hydrogen-bond donors (Lipinski definition) is 0. The Bertz CT molecular complexity index is 458. The largest absolute Gasteiger partial charge is 0.493 e. The molecular weight excluding hydrogens is 238 g/mol. The van der Waals surface area contributed by atoms with Crippen LogP contribution in [0.1, 0.15) is 20.3 Å². The summed E-state index contributed by atoms with van der Waals surface area (Å²) in [6, 6.07) is 3.87. The van der Waals surface area contributed by atoms with Crippen LogP contribution in [-0.2, 0) is 4.79 Å². The summed E-state index contributed by atoms with van der Waals surface area (Å²) in [7, 11) is 1.40. The standard InChI is InChI=1S/C12H15NO5/c1-4-8(2)12(14)18-11-7-9(13(15)16)5-6-10(11)17-3/h5-8H,4H2,1-3H3. The maximum absolute atomic E-state index is 11.6. The zero-order valence-corrected chi connectivity index (χ0v) is 10.5. The molecular formula is C12H15NO5. The van der Waals surface area contributed by atoms with Gasteiger partial charge < -0.3 is 9.47 Å². The molecule has 0 spiro atoms. The van der Waals surface area contributed by atoms with Gasteiger partial charge in [-0.2, -0.15) is 0 Å². The lowest BCUT2D eigenvalue weighted by Gasteiger charge is -2.11. The molecule has 0 saturated heterocycles. The van der Waals surface area contributed by atoms with Gasteiger partial charge in [-0.1, -0.05) is 13.8 Å². The number of nitro benzene ring substituents is 1. The molecule has 0 aromatic heterocycles. The summed E-state index contributed by atoms with van der Waals surface area (Å²) in [5.74, 6) is -0.348. The minimum absolute atomic E-state index is 0.0667. The summed E-state index contributed by atoms with van der Waals surface area (Å²) < 4.78 is 10.1. The molecule has 1 rings (SSSR count).